The molecular weight excluding hydrogens is 352 g/mol. The highest BCUT2D eigenvalue weighted by Crippen LogP contribution is 2.31. The molecule has 6 heteroatoms. The van der Waals surface area contributed by atoms with Crippen LogP contribution in [0.5, 0.6) is 0 Å². The van der Waals surface area contributed by atoms with Crippen LogP contribution in [0.2, 0.25) is 0 Å². The van der Waals surface area contributed by atoms with Gasteiger partial charge >= 0.3 is 0 Å². The first-order valence-electron chi connectivity index (χ1n) is 10.2. The summed E-state index contributed by atoms with van der Waals surface area (Å²) in [6.45, 7) is 5.52. The van der Waals surface area contributed by atoms with E-state index in [4.69, 9.17) is 0 Å². The number of hydrogen-bond donors (Lipinski definition) is 1. The van der Waals surface area contributed by atoms with Crippen LogP contribution in [0.25, 0.3) is 5.69 Å². The topological polar surface area (TPSA) is 67.2 Å². The van der Waals surface area contributed by atoms with Crippen LogP contribution in [0.1, 0.15) is 60.5 Å². The lowest BCUT2D eigenvalue weighted by molar-refractivity contribution is -0.128. The van der Waals surface area contributed by atoms with E-state index in [9.17, 15) is 9.59 Å². The first-order chi connectivity index (χ1) is 13.5. The Morgan fingerprint density at radius 3 is 2.82 bits per heavy atom. The minimum atomic E-state index is 0.00539. The zero-order valence-electron chi connectivity index (χ0n) is 16.7. The number of aromatic nitrogens is 2. The average molecular weight is 380 g/mol. The van der Waals surface area contributed by atoms with E-state index in [0.717, 1.165) is 43.5 Å². The molecule has 0 spiro atoms. The molecule has 2 aromatic rings. The lowest BCUT2D eigenvalue weighted by Gasteiger charge is -2.25. The number of likely N-dealkylation sites (tertiary alicyclic amines) is 1. The third-order valence-corrected chi connectivity index (χ3v) is 6.03. The van der Waals surface area contributed by atoms with Crippen LogP contribution < -0.4 is 5.32 Å². The molecule has 2 amide bonds. The van der Waals surface area contributed by atoms with Gasteiger partial charge in [0.15, 0.2) is 0 Å². The largest absolute Gasteiger partial charge is 0.349 e. The molecule has 2 aliphatic rings. The summed E-state index contributed by atoms with van der Waals surface area (Å²) in [4.78, 5) is 26.0. The van der Waals surface area contributed by atoms with Crippen molar-refractivity contribution in [1.82, 2.24) is 20.0 Å². The predicted octanol–water partition coefficient (Wildman–Crippen LogP) is 3.00. The first kappa shape index (κ1) is 18.7. The zero-order chi connectivity index (χ0) is 19.7. The summed E-state index contributed by atoms with van der Waals surface area (Å²) >= 11 is 0. The van der Waals surface area contributed by atoms with Gasteiger partial charge in [0.1, 0.15) is 0 Å². The minimum absolute atomic E-state index is 0.00539. The Kier molecular flexibility index (Phi) is 5.20. The highest BCUT2D eigenvalue weighted by Gasteiger charge is 2.27. The van der Waals surface area contributed by atoms with Gasteiger partial charge in [-0.3, -0.25) is 9.59 Å². The van der Waals surface area contributed by atoms with Gasteiger partial charge in [-0.2, -0.15) is 5.10 Å². The van der Waals surface area contributed by atoms with Gasteiger partial charge in [0.25, 0.3) is 0 Å². The van der Waals surface area contributed by atoms with E-state index < -0.39 is 0 Å². The molecule has 0 unspecified atom stereocenters. The van der Waals surface area contributed by atoms with Crippen molar-refractivity contribution in [1.29, 1.82) is 0 Å². The maximum absolute atomic E-state index is 12.5. The van der Waals surface area contributed by atoms with E-state index in [0.29, 0.717) is 19.4 Å². The maximum atomic E-state index is 12.5. The Labute approximate surface area is 165 Å². The van der Waals surface area contributed by atoms with Crippen LogP contribution >= 0.6 is 0 Å². The normalized spacial score (nSPS) is 19.0. The summed E-state index contributed by atoms with van der Waals surface area (Å²) in [7, 11) is 0. The molecule has 0 bridgehead atoms. The molecule has 2 heterocycles. The van der Waals surface area contributed by atoms with Crippen LogP contribution in [-0.2, 0) is 16.0 Å². The number of nitrogens with one attached hydrogen (secondary N) is 1. The van der Waals surface area contributed by atoms with Gasteiger partial charge in [-0.15, -0.1) is 0 Å². The maximum Gasteiger partial charge on any atom is 0.222 e. The SMILES string of the molecule is Cc1ccc(-n2ncc3c2CCC[C@@H]3NC(=O)CCN2CCCC2=O)cc1C. The number of carbonyl (C=O) groups excluding carboxylic acids is 2. The first-order valence-corrected chi connectivity index (χ1v) is 10.2. The van der Waals surface area contributed by atoms with Crippen LogP contribution in [0.3, 0.4) is 0 Å². The van der Waals surface area contributed by atoms with E-state index in [1.54, 1.807) is 4.90 Å². The molecule has 1 aliphatic heterocycles. The Morgan fingerprint density at radius 2 is 2.07 bits per heavy atom. The second-order valence-corrected chi connectivity index (χ2v) is 7.97. The van der Waals surface area contributed by atoms with Crippen molar-refractivity contribution in [3.8, 4) is 5.69 Å². The summed E-state index contributed by atoms with van der Waals surface area (Å²) in [5.41, 5.74) is 5.90. The van der Waals surface area contributed by atoms with Gasteiger partial charge < -0.3 is 10.2 Å². The number of amides is 2. The Hall–Kier alpha value is -2.63. The van der Waals surface area contributed by atoms with Gasteiger partial charge in [0, 0.05) is 37.2 Å². The van der Waals surface area contributed by atoms with Crippen molar-refractivity contribution in [3.63, 3.8) is 0 Å². The van der Waals surface area contributed by atoms with E-state index >= 15 is 0 Å². The molecular formula is C22H28N4O2. The average Bonchev–Trinajstić information content (AvgIpc) is 3.29. The van der Waals surface area contributed by atoms with E-state index in [-0.39, 0.29) is 17.9 Å². The molecule has 1 aromatic heterocycles. The van der Waals surface area contributed by atoms with E-state index in [2.05, 4.69) is 42.5 Å². The van der Waals surface area contributed by atoms with Gasteiger partial charge in [-0.05, 0) is 62.8 Å². The number of carbonyl (C=O) groups is 2. The number of rotatable bonds is 5. The molecule has 1 saturated heterocycles. The second kappa shape index (κ2) is 7.78. The fourth-order valence-corrected chi connectivity index (χ4v) is 4.23. The standard InChI is InChI=1S/C22H28N4O2/c1-15-8-9-17(13-16(15)2)26-20-6-3-5-19(18(20)14-23-26)24-21(27)10-12-25-11-4-7-22(25)28/h8-9,13-14,19H,3-7,10-12H2,1-2H3,(H,24,27)/t19-/m0/s1. The third-order valence-electron chi connectivity index (χ3n) is 6.03. The summed E-state index contributed by atoms with van der Waals surface area (Å²) < 4.78 is 2.02. The van der Waals surface area contributed by atoms with Gasteiger partial charge in [-0.1, -0.05) is 6.07 Å². The fraction of sp³-hybridized carbons (Fsp3) is 0.500. The molecule has 1 aromatic carbocycles. The van der Waals surface area contributed by atoms with Crippen LogP contribution in [0.15, 0.2) is 24.4 Å². The van der Waals surface area contributed by atoms with Crippen molar-refractivity contribution in [2.24, 2.45) is 0 Å². The number of fused-ring (bicyclic) bond motifs is 1. The van der Waals surface area contributed by atoms with Crippen molar-refractivity contribution < 1.29 is 9.59 Å². The highest BCUT2D eigenvalue weighted by molar-refractivity contribution is 5.80. The quantitative estimate of drug-likeness (QED) is 0.867. The molecule has 1 N–H and O–H groups in total. The Bertz CT molecular complexity index is 902. The number of aryl methyl sites for hydroxylation is 2. The molecule has 1 aliphatic carbocycles. The van der Waals surface area contributed by atoms with Gasteiger partial charge in [0.2, 0.25) is 11.8 Å². The minimum Gasteiger partial charge on any atom is -0.349 e. The van der Waals surface area contributed by atoms with E-state index in [1.165, 1.54) is 16.8 Å². The summed E-state index contributed by atoms with van der Waals surface area (Å²) in [6, 6.07) is 6.40. The summed E-state index contributed by atoms with van der Waals surface area (Å²) in [6.07, 6.45) is 6.72. The summed E-state index contributed by atoms with van der Waals surface area (Å²) in [5.74, 6) is 0.180. The molecule has 148 valence electrons. The third kappa shape index (κ3) is 3.68. The fourth-order valence-electron chi connectivity index (χ4n) is 4.23. The van der Waals surface area contributed by atoms with Crippen LogP contribution in [0, 0.1) is 13.8 Å². The lowest BCUT2D eigenvalue weighted by atomic mass is 9.92. The monoisotopic (exact) mass is 380 g/mol. The molecule has 6 nitrogen and oxygen atoms in total. The lowest BCUT2D eigenvalue weighted by Crippen LogP contribution is -2.34. The van der Waals surface area contributed by atoms with Gasteiger partial charge in [-0.25, -0.2) is 4.68 Å². The molecule has 1 fully saturated rings. The van der Waals surface area contributed by atoms with Crippen LogP contribution in [0.4, 0.5) is 0 Å². The smallest absolute Gasteiger partial charge is 0.222 e. The number of benzene rings is 1. The molecule has 28 heavy (non-hydrogen) atoms. The number of hydrogen-bond acceptors (Lipinski definition) is 3. The molecule has 0 saturated carbocycles. The predicted molar refractivity (Wildman–Crippen MR) is 107 cm³/mol. The van der Waals surface area contributed by atoms with Crippen molar-refractivity contribution >= 4 is 11.8 Å². The molecule has 4 rings (SSSR count). The second-order valence-electron chi connectivity index (χ2n) is 7.97. The van der Waals surface area contributed by atoms with Crippen molar-refractivity contribution in [3.05, 3.63) is 46.8 Å². The molecule has 1 atom stereocenters. The number of nitrogens with zero attached hydrogens (tertiary/aromatic N) is 3. The van der Waals surface area contributed by atoms with Crippen molar-refractivity contribution in [2.45, 2.75) is 58.4 Å². The summed E-state index contributed by atoms with van der Waals surface area (Å²) in [5, 5.41) is 7.80. The van der Waals surface area contributed by atoms with E-state index in [1.807, 2.05) is 10.9 Å². The molecule has 0 radical (unpaired) electrons. The van der Waals surface area contributed by atoms with Crippen molar-refractivity contribution in [2.75, 3.05) is 13.1 Å². The highest BCUT2D eigenvalue weighted by atomic mass is 16.2. The zero-order valence-corrected chi connectivity index (χ0v) is 16.7. The Morgan fingerprint density at radius 1 is 1.21 bits per heavy atom. The van der Waals surface area contributed by atoms with Gasteiger partial charge in [0.05, 0.1) is 17.9 Å². The Balaban J connectivity index is 1.45. The van der Waals surface area contributed by atoms with Crippen LogP contribution in [-0.4, -0.2) is 39.6 Å².